The minimum atomic E-state index is -0.652. The zero-order chi connectivity index (χ0) is 14.5. The van der Waals surface area contributed by atoms with Crippen molar-refractivity contribution < 1.29 is 14.6 Å². The number of rotatable bonds is 5. The number of carboxylic acid groups (broad SMARTS) is 1. The van der Waals surface area contributed by atoms with Gasteiger partial charge in [-0.05, 0) is 48.8 Å². The Kier molecular flexibility index (Phi) is 5.05. The first kappa shape index (κ1) is 14.9. The minimum absolute atomic E-state index is 0.142. The van der Waals surface area contributed by atoms with E-state index in [0.29, 0.717) is 5.92 Å². The summed E-state index contributed by atoms with van der Waals surface area (Å²) < 4.78 is 5.17. The second-order valence-electron chi connectivity index (χ2n) is 5.79. The number of ether oxygens (including phenoxy) is 1. The molecular formula is C17H24O3. The summed E-state index contributed by atoms with van der Waals surface area (Å²) in [7, 11) is 1.65. The van der Waals surface area contributed by atoms with Crippen molar-refractivity contribution in [3.8, 4) is 5.75 Å². The number of methoxy groups -OCH3 is 1. The Morgan fingerprint density at radius 3 is 2.55 bits per heavy atom. The van der Waals surface area contributed by atoms with Crippen molar-refractivity contribution in [3.63, 3.8) is 0 Å². The Balaban J connectivity index is 2.19. The maximum absolute atomic E-state index is 11.5. The van der Waals surface area contributed by atoms with Crippen LogP contribution in [0, 0.1) is 11.8 Å². The van der Waals surface area contributed by atoms with Crippen molar-refractivity contribution in [2.75, 3.05) is 7.11 Å². The zero-order valence-corrected chi connectivity index (χ0v) is 12.3. The predicted molar refractivity (Wildman–Crippen MR) is 79.1 cm³/mol. The number of carbonyl (C=O) groups is 1. The molecule has 1 fully saturated rings. The fourth-order valence-corrected chi connectivity index (χ4v) is 3.44. The number of hydrogen-bond donors (Lipinski definition) is 1. The van der Waals surface area contributed by atoms with Gasteiger partial charge in [-0.2, -0.15) is 0 Å². The van der Waals surface area contributed by atoms with Crippen LogP contribution in [0.15, 0.2) is 24.3 Å². The van der Waals surface area contributed by atoms with E-state index < -0.39 is 5.97 Å². The molecule has 0 aromatic heterocycles. The fraction of sp³-hybridized carbons (Fsp3) is 0.588. The second kappa shape index (κ2) is 6.78. The van der Waals surface area contributed by atoms with Crippen molar-refractivity contribution in [1.29, 1.82) is 0 Å². The van der Waals surface area contributed by atoms with Gasteiger partial charge < -0.3 is 9.84 Å². The first-order chi connectivity index (χ1) is 9.65. The van der Waals surface area contributed by atoms with E-state index in [4.69, 9.17) is 4.74 Å². The van der Waals surface area contributed by atoms with E-state index in [2.05, 4.69) is 6.92 Å². The lowest BCUT2D eigenvalue weighted by atomic mass is 9.70. The van der Waals surface area contributed by atoms with Gasteiger partial charge in [-0.1, -0.05) is 31.9 Å². The van der Waals surface area contributed by atoms with Gasteiger partial charge in [-0.15, -0.1) is 0 Å². The Morgan fingerprint density at radius 2 is 2.00 bits per heavy atom. The van der Waals surface area contributed by atoms with E-state index in [9.17, 15) is 9.90 Å². The van der Waals surface area contributed by atoms with Crippen LogP contribution in [0.5, 0.6) is 5.75 Å². The summed E-state index contributed by atoms with van der Waals surface area (Å²) in [5.41, 5.74) is 1.14. The fourth-order valence-electron chi connectivity index (χ4n) is 3.44. The Labute approximate surface area is 121 Å². The highest BCUT2D eigenvalue weighted by Crippen LogP contribution is 2.42. The molecule has 0 radical (unpaired) electrons. The molecule has 1 saturated carbocycles. The average molecular weight is 276 g/mol. The van der Waals surface area contributed by atoms with Crippen LogP contribution in [0.1, 0.15) is 50.5 Å². The summed E-state index contributed by atoms with van der Waals surface area (Å²) in [6.07, 6.45) is 5.24. The lowest BCUT2D eigenvalue weighted by Crippen LogP contribution is -2.29. The highest BCUT2D eigenvalue weighted by Gasteiger charge is 2.35. The number of benzene rings is 1. The molecule has 0 amide bonds. The molecule has 0 saturated heterocycles. The third-order valence-electron chi connectivity index (χ3n) is 4.52. The van der Waals surface area contributed by atoms with Crippen molar-refractivity contribution in [1.82, 2.24) is 0 Å². The summed E-state index contributed by atoms with van der Waals surface area (Å²) in [6.45, 7) is 2.20. The van der Waals surface area contributed by atoms with Crippen molar-refractivity contribution in [2.24, 2.45) is 11.8 Å². The van der Waals surface area contributed by atoms with Crippen LogP contribution in [0.2, 0.25) is 0 Å². The van der Waals surface area contributed by atoms with Gasteiger partial charge >= 0.3 is 5.97 Å². The maximum atomic E-state index is 11.5. The Hall–Kier alpha value is -1.51. The molecule has 0 aliphatic heterocycles. The summed E-state index contributed by atoms with van der Waals surface area (Å²) >= 11 is 0. The van der Waals surface area contributed by atoms with Crippen LogP contribution in [0.4, 0.5) is 0 Å². The molecule has 3 nitrogen and oxygen atoms in total. The van der Waals surface area contributed by atoms with Crippen molar-refractivity contribution >= 4 is 5.97 Å². The molecule has 2 rings (SSSR count). The molecule has 1 aromatic rings. The van der Waals surface area contributed by atoms with E-state index in [1.54, 1.807) is 7.11 Å². The molecule has 1 aliphatic carbocycles. The van der Waals surface area contributed by atoms with Gasteiger partial charge in [0.15, 0.2) is 0 Å². The van der Waals surface area contributed by atoms with Crippen LogP contribution >= 0.6 is 0 Å². The molecule has 1 N–H and O–H groups in total. The van der Waals surface area contributed by atoms with Crippen molar-refractivity contribution in [2.45, 2.75) is 44.9 Å². The third kappa shape index (κ3) is 3.33. The predicted octanol–water partition coefficient (Wildman–Crippen LogP) is 4.08. The SMILES string of the molecule is CCCC1CCC(C(=O)O)C(c2ccc(OC)cc2)C1. The van der Waals surface area contributed by atoms with Crippen LogP contribution in [-0.2, 0) is 4.79 Å². The molecule has 110 valence electrons. The normalized spacial score (nSPS) is 26.2. The molecular weight excluding hydrogens is 252 g/mol. The average Bonchev–Trinajstić information content (AvgIpc) is 2.47. The van der Waals surface area contributed by atoms with Gasteiger partial charge in [0.1, 0.15) is 5.75 Å². The summed E-state index contributed by atoms with van der Waals surface area (Å²) in [5, 5.41) is 9.46. The van der Waals surface area contributed by atoms with Gasteiger partial charge in [0.05, 0.1) is 13.0 Å². The van der Waals surface area contributed by atoms with Crippen LogP contribution in [-0.4, -0.2) is 18.2 Å². The lowest BCUT2D eigenvalue weighted by molar-refractivity contribution is -0.143. The molecule has 0 spiro atoms. The molecule has 3 atom stereocenters. The van der Waals surface area contributed by atoms with Gasteiger partial charge in [0.25, 0.3) is 0 Å². The smallest absolute Gasteiger partial charge is 0.307 e. The molecule has 3 heteroatoms. The standard InChI is InChI=1S/C17H24O3/c1-3-4-12-5-10-15(17(18)19)16(11-12)13-6-8-14(20-2)9-7-13/h6-9,12,15-16H,3-5,10-11H2,1-2H3,(H,18,19). The maximum Gasteiger partial charge on any atom is 0.307 e. The van der Waals surface area contributed by atoms with Crippen LogP contribution < -0.4 is 4.74 Å². The summed E-state index contributed by atoms with van der Waals surface area (Å²) in [5.74, 6) is 0.741. The summed E-state index contributed by atoms with van der Waals surface area (Å²) in [6, 6.07) is 7.90. The van der Waals surface area contributed by atoms with E-state index in [1.165, 1.54) is 12.8 Å². The van der Waals surface area contributed by atoms with Crippen molar-refractivity contribution in [3.05, 3.63) is 29.8 Å². The van der Waals surface area contributed by atoms with E-state index >= 15 is 0 Å². The Bertz CT molecular complexity index is 438. The Morgan fingerprint density at radius 1 is 1.30 bits per heavy atom. The zero-order valence-electron chi connectivity index (χ0n) is 12.3. The largest absolute Gasteiger partial charge is 0.497 e. The quantitative estimate of drug-likeness (QED) is 0.881. The molecule has 0 heterocycles. The highest BCUT2D eigenvalue weighted by atomic mass is 16.5. The lowest BCUT2D eigenvalue weighted by Gasteiger charge is -2.34. The van der Waals surface area contributed by atoms with Gasteiger partial charge in [0, 0.05) is 0 Å². The molecule has 1 aromatic carbocycles. The van der Waals surface area contributed by atoms with Crippen LogP contribution in [0.3, 0.4) is 0 Å². The topological polar surface area (TPSA) is 46.5 Å². The molecule has 3 unspecified atom stereocenters. The van der Waals surface area contributed by atoms with E-state index in [-0.39, 0.29) is 11.8 Å². The first-order valence-corrected chi connectivity index (χ1v) is 7.52. The van der Waals surface area contributed by atoms with E-state index in [1.807, 2.05) is 24.3 Å². The van der Waals surface area contributed by atoms with Crippen LogP contribution in [0.25, 0.3) is 0 Å². The molecule has 20 heavy (non-hydrogen) atoms. The second-order valence-corrected chi connectivity index (χ2v) is 5.79. The first-order valence-electron chi connectivity index (χ1n) is 7.52. The monoisotopic (exact) mass is 276 g/mol. The van der Waals surface area contributed by atoms with E-state index in [0.717, 1.165) is 30.6 Å². The third-order valence-corrected chi connectivity index (χ3v) is 4.52. The minimum Gasteiger partial charge on any atom is -0.497 e. The number of aliphatic carboxylic acids is 1. The van der Waals surface area contributed by atoms with Gasteiger partial charge in [0.2, 0.25) is 0 Å². The number of hydrogen-bond acceptors (Lipinski definition) is 2. The molecule has 0 bridgehead atoms. The highest BCUT2D eigenvalue weighted by molar-refractivity contribution is 5.71. The van der Waals surface area contributed by atoms with Gasteiger partial charge in [-0.25, -0.2) is 0 Å². The number of carboxylic acids is 1. The van der Waals surface area contributed by atoms with Gasteiger partial charge in [-0.3, -0.25) is 4.79 Å². The molecule has 1 aliphatic rings. The summed E-state index contributed by atoms with van der Waals surface area (Å²) in [4.78, 5) is 11.5.